The second-order valence-electron chi connectivity index (χ2n) is 5.39. The van der Waals surface area contributed by atoms with Gasteiger partial charge in [-0.1, -0.05) is 28.1 Å². The van der Waals surface area contributed by atoms with Crippen LogP contribution in [-0.4, -0.2) is 18.5 Å². The van der Waals surface area contributed by atoms with Crippen LogP contribution in [0, 0.1) is 20.8 Å². The van der Waals surface area contributed by atoms with Crippen molar-refractivity contribution in [2.45, 2.75) is 20.8 Å². The molecule has 1 N–H and O–H groups in total. The molecular weight excluding hydrogens is 358 g/mol. The fourth-order valence-corrected chi connectivity index (χ4v) is 2.33. The van der Waals surface area contributed by atoms with E-state index >= 15 is 0 Å². The smallest absolute Gasteiger partial charge is 0.338 e. The van der Waals surface area contributed by atoms with Crippen molar-refractivity contribution >= 4 is 33.5 Å². The summed E-state index contributed by atoms with van der Waals surface area (Å²) in [6, 6.07) is 10.8. The lowest BCUT2D eigenvalue weighted by Gasteiger charge is -2.08. The normalized spacial score (nSPS) is 10.3. The molecule has 0 aliphatic carbocycles. The Morgan fingerprint density at radius 3 is 2.35 bits per heavy atom. The van der Waals surface area contributed by atoms with Gasteiger partial charge >= 0.3 is 5.97 Å². The van der Waals surface area contributed by atoms with Crippen LogP contribution in [0.5, 0.6) is 0 Å². The highest BCUT2D eigenvalue weighted by Gasteiger charge is 2.11. The van der Waals surface area contributed by atoms with Crippen LogP contribution >= 0.6 is 15.9 Å². The number of aryl methyl sites for hydroxylation is 3. The maximum atomic E-state index is 12.0. The maximum Gasteiger partial charge on any atom is 0.338 e. The number of esters is 1. The molecule has 0 saturated carbocycles. The summed E-state index contributed by atoms with van der Waals surface area (Å²) in [6.45, 7) is 5.53. The predicted molar refractivity (Wildman–Crippen MR) is 93.7 cm³/mol. The second kappa shape index (κ2) is 7.42. The minimum absolute atomic E-state index is 0.322. The largest absolute Gasteiger partial charge is 0.452 e. The summed E-state index contributed by atoms with van der Waals surface area (Å²) in [5.41, 5.74) is 4.27. The third kappa shape index (κ3) is 4.66. The maximum absolute atomic E-state index is 12.0. The van der Waals surface area contributed by atoms with E-state index < -0.39 is 5.97 Å². The number of carbonyl (C=O) groups is 2. The van der Waals surface area contributed by atoms with E-state index in [1.165, 1.54) is 0 Å². The number of ether oxygens (including phenoxy) is 1. The number of nitrogens with one attached hydrogen (secondary N) is 1. The Hall–Kier alpha value is -2.14. The Kier molecular flexibility index (Phi) is 5.55. The number of rotatable bonds is 4. The van der Waals surface area contributed by atoms with Crippen LogP contribution in [0.15, 0.2) is 40.9 Å². The number of carbonyl (C=O) groups excluding carboxylic acids is 2. The molecule has 2 aromatic carbocycles. The lowest BCUT2D eigenvalue weighted by molar-refractivity contribution is -0.119. The molecular formula is C18H18BrNO3. The highest BCUT2D eigenvalue weighted by Crippen LogP contribution is 2.20. The van der Waals surface area contributed by atoms with Gasteiger partial charge in [0.2, 0.25) is 0 Å². The average molecular weight is 376 g/mol. The highest BCUT2D eigenvalue weighted by atomic mass is 79.9. The van der Waals surface area contributed by atoms with Crippen molar-refractivity contribution in [3.8, 4) is 0 Å². The molecule has 23 heavy (non-hydrogen) atoms. The minimum atomic E-state index is -0.506. The van der Waals surface area contributed by atoms with E-state index in [-0.39, 0.29) is 12.5 Å². The number of anilines is 1. The Morgan fingerprint density at radius 2 is 1.70 bits per heavy atom. The molecule has 0 aromatic heterocycles. The van der Waals surface area contributed by atoms with Crippen LogP contribution in [0.1, 0.15) is 27.0 Å². The van der Waals surface area contributed by atoms with Crippen molar-refractivity contribution < 1.29 is 14.3 Å². The highest BCUT2D eigenvalue weighted by molar-refractivity contribution is 9.10. The second-order valence-corrected chi connectivity index (χ2v) is 6.24. The topological polar surface area (TPSA) is 55.4 Å². The van der Waals surface area contributed by atoms with Gasteiger partial charge in [-0.15, -0.1) is 0 Å². The number of hydrogen-bond donors (Lipinski definition) is 1. The van der Waals surface area contributed by atoms with Crippen molar-refractivity contribution in [3.63, 3.8) is 0 Å². The third-order valence-corrected chi connectivity index (χ3v) is 4.39. The minimum Gasteiger partial charge on any atom is -0.452 e. The van der Waals surface area contributed by atoms with Gasteiger partial charge in [0.25, 0.3) is 5.91 Å². The molecule has 2 aromatic rings. The first-order chi connectivity index (χ1) is 10.9. The fraction of sp³-hybridized carbons (Fsp3) is 0.222. The molecule has 0 unspecified atom stereocenters. The molecule has 5 heteroatoms. The van der Waals surface area contributed by atoms with E-state index in [0.29, 0.717) is 11.3 Å². The first-order valence-corrected chi connectivity index (χ1v) is 7.96. The average Bonchev–Trinajstić information content (AvgIpc) is 2.51. The Labute approximate surface area is 144 Å². The van der Waals surface area contributed by atoms with Gasteiger partial charge in [0.05, 0.1) is 5.56 Å². The molecule has 4 nitrogen and oxygen atoms in total. The Bertz CT molecular complexity index is 756. The Balaban J connectivity index is 1.91. The van der Waals surface area contributed by atoms with E-state index in [4.69, 9.17) is 4.74 Å². The third-order valence-electron chi connectivity index (χ3n) is 3.53. The summed E-state index contributed by atoms with van der Waals surface area (Å²) < 4.78 is 5.95. The molecule has 0 saturated heterocycles. The number of halogens is 1. The van der Waals surface area contributed by atoms with Crippen LogP contribution in [0.4, 0.5) is 5.69 Å². The fourth-order valence-electron chi connectivity index (χ4n) is 1.95. The SMILES string of the molecule is Cc1ccc(C(=O)OCC(=O)Nc2ccc(C)c(Br)c2)cc1C. The molecule has 120 valence electrons. The lowest BCUT2D eigenvalue weighted by Crippen LogP contribution is -2.21. The van der Waals surface area contributed by atoms with Crippen LogP contribution < -0.4 is 5.32 Å². The van der Waals surface area contributed by atoms with Crippen molar-refractivity contribution in [1.82, 2.24) is 0 Å². The van der Waals surface area contributed by atoms with Crippen LogP contribution in [0.2, 0.25) is 0 Å². The van der Waals surface area contributed by atoms with Crippen molar-refractivity contribution in [1.29, 1.82) is 0 Å². The van der Waals surface area contributed by atoms with Crippen molar-refractivity contribution in [2.75, 3.05) is 11.9 Å². The molecule has 0 aliphatic heterocycles. The van der Waals surface area contributed by atoms with Gasteiger partial charge in [-0.05, 0) is 61.7 Å². The van der Waals surface area contributed by atoms with Gasteiger partial charge in [-0.2, -0.15) is 0 Å². The standard InChI is InChI=1S/C18H18BrNO3/c1-11-4-6-14(8-13(11)3)18(22)23-10-17(21)20-15-7-5-12(2)16(19)9-15/h4-9H,10H2,1-3H3,(H,20,21). The summed E-state index contributed by atoms with van der Waals surface area (Å²) in [5, 5.41) is 2.69. The summed E-state index contributed by atoms with van der Waals surface area (Å²) in [4.78, 5) is 23.8. The van der Waals surface area contributed by atoms with Gasteiger partial charge < -0.3 is 10.1 Å². The first kappa shape index (κ1) is 17.2. The zero-order chi connectivity index (χ0) is 17.0. The molecule has 0 atom stereocenters. The summed E-state index contributed by atoms with van der Waals surface area (Å²) in [7, 11) is 0. The van der Waals surface area contributed by atoms with Gasteiger partial charge in [-0.3, -0.25) is 4.79 Å². The summed E-state index contributed by atoms with van der Waals surface area (Å²) in [5.74, 6) is -0.883. The summed E-state index contributed by atoms with van der Waals surface area (Å²) in [6.07, 6.45) is 0. The van der Waals surface area contributed by atoms with Crippen molar-refractivity contribution in [3.05, 3.63) is 63.1 Å². The molecule has 0 heterocycles. The molecule has 1 amide bonds. The van der Waals surface area contributed by atoms with Crippen LogP contribution in [-0.2, 0) is 9.53 Å². The van der Waals surface area contributed by atoms with E-state index in [1.807, 2.05) is 32.9 Å². The zero-order valence-electron chi connectivity index (χ0n) is 13.3. The lowest BCUT2D eigenvalue weighted by atomic mass is 10.1. The van der Waals surface area contributed by atoms with Crippen molar-refractivity contribution in [2.24, 2.45) is 0 Å². The quantitative estimate of drug-likeness (QED) is 0.815. The number of hydrogen-bond acceptors (Lipinski definition) is 3. The number of benzene rings is 2. The van der Waals surface area contributed by atoms with E-state index in [0.717, 1.165) is 21.2 Å². The van der Waals surface area contributed by atoms with E-state index in [1.54, 1.807) is 24.3 Å². The monoisotopic (exact) mass is 375 g/mol. The molecule has 0 radical (unpaired) electrons. The first-order valence-electron chi connectivity index (χ1n) is 7.17. The molecule has 0 bridgehead atoms. The van der Waals surface area contributed by atoms with Gasteiger partial charge in [0.15, 0.2) is 6.61 Å². The molecule has 2 rings (SSSR count). The van der Waals surface area contributed by atoms with Gasteiger partial charge in [-0.25, -0.2) is 4.79 Å². The van der Waals surface area contributed by atoms with Crippen LogP contribution in [0.3, 0.4) is 0 Å². The van der Waals surface area contributed by atoms with Gasteiger partial charge in [0.1, 0.15) is 0 Å². The Morgan fingerprint density at radius 1 is 1.00 bits per heavy atom. The van der Waals surface area contributed by atoms with Crippen LogP contribution in [0.25, 0.3) is 0 Å². The molecule has 0 aliphatic rings. The summed E-state index contributed by atoms with van der Waals surface area (Å²) >= 11 is 3.40. The molecule has 0 spiro atoms. The zero-order valence-corrected chi connectivity index (χ0v) is 14.9. The van der Waals surface area contributed by atoms with Gasteiger partial charge in [0, 0.05) is 10.2 Å². The van der Waals surface area contributed by atoms with E-state index in [9.17, 15) is 9.59 Å². The van der Waals surface area contributed by atoms with E-state index in [2.05, 4.69) is 21.2 Å². The molecule has 0 fully saturated rings. The number of amides is 1. The predicted octanol–water partition coefficient (Wildman–Crippen LogP) is 4.17.